The lowest BCUT2D eigenvalue weighted by atomic mass is 10.1. The summed E-state index contributed by atoms with van der Waals surface area (Å²) in [6.45, 7) is 0. The number of rotatable bonds is 7. The van der Waals surface area contributed by atoms with E-state index in [-0.39, 0.29) is 16.2 Å². The Morgan fingerprint density at radius 3 is 2.41 bits per heavy atom. The van der Waals surface area contributed by atoms with Gasteiger partial charge in [0.05, 0.1) is 7.11 Å². The molecule has 0 saturated carbocycles. The summed E-state index contributed by atoms with van der Waals surface area (Å²) in [5, 5.41) is 12.1. The van der Waals surface area contributed by atoms with E-state index in [0.717, 1.165) is 3.57 Å². The van der Waals surface area contributed by atoms with Crippen LogP contribution >= 0.6 is 22.6 Å². The summed E-state index contributed by atoms with van der Waals surface area (Å²) in [5.41, 5.74) is 0.853. The van der Waals surface area contributed by atoms with Crippen LogP contribution in [-0.2, 0) is 14.9 Å². The highest BCUT2D eigenvalue weighted by molar-refractivity contribution is 14.1. The zero-order valence-electron chi connectivity index (χ0n) is 16.8. The minimum Gasteiger partial charge on any atom is -0.497 e. The number of halogens is 1. The van der Waals surface area contributed by atoms with Gasteiger partial charge in [-0.1, -0.05) is 18.2 Å². The van der Waals surface area contributed by atoms with Crippen LogP contribution in [0.3, 0.4) is 0 Å². The van der Waals surface area contributed by atoms with Crippen molar-refractivity contribution < 1.29 is 22.1 Å². The first-order chi connectivity index (χ1) is 15.3. The van der Waals surface area contributed by atoms with Gasteiger partial charge >= 0.3 is 10.1 Å². The fourth-order valence-corrected chi connectivity index (χ4v) is 4.12. The van der Waals surface area contributed by atoms with Crippen molar-refractivity contribution in [2.24, 2.45) is 0 Å². The maximum Gasteiger partial charge on any atom is 0.339 e. The fraction of sp³-hybridized carbons (Fsp3) is 0.0435. The second-order valence-electron chi connectivity index (χ2n) is 6.42. The Morgan fingerprint density at radius 2 is 1.75 bits per heavy atom. The number of carbonyl (C=O) groups is 1. The number of carbonyl (C=O) groups excluding carboxylic acids is 1. The molecule has 0 fully saturated rings. The van der Waals surface area contributed by atoms with E-state index in [2.05, 4.69) is 27.9 Å². The van der Waals surface area contributed by atoms with E-state index < -0.39 is 16.0 Å². The van der Waals surface area contributed by atoms with Gasteiger partial charge in [0.2, 0.25) is 0 Å². The zero-order valence-corrected chi connectivity index (χ0v) is 19.8. The number of anilines is 1. The van der Waals surface area contributed by atoms with Crippen molar-refractivity contribution in [2.75, 3.05) is 12.4 Å². The van der Waals surface area contributed by atoms with Crippen LogP contribution in [0.4, 0.5) is 5.69 Å². The Balaban J connectivity index is 1.80. The van der Waals surface area contributed by atoms with Gasteiger partial charge in [-0.2, -0.15) is 13.7 Å². The Kier molecular flexibility index (Phi) is 7.50. The third kappa shape index (κ3) is 6.09. The summed E-state index contributed by atoms with van der Waals surface area (Å²) < 4.78 is 36.2. The van der Waals surface area contributed by atoms with Crippen LogP contribution in [0, 0.1) is 14.9 Å². The molecule has 0 aliphatic rings. The lowest BCUT2D eigenvalue weighted by Gasteiger charge is -2.09. The monoisotopic (exact) mass is 560 g/mol. The molecule has 9 heteroatoms. The third-order valence-electron chi connectivity index (χ3n) is 4.17. The largest absolute Gasteiger partial charge is 0.497 e. The van der Waals surface area contributed by atoms with Gasteiger partial charge < -0.3 is 14.2 Å². The Hall–Kier alpha value is -3.36. The molecule has 162 valence electrons. The second-order valence-corrected chi connectivity index (χ2v) is 9.21. The lowest BCUT2D eigenvalue weighted by Crippen LogP contribution is -2.13. The van der Waals surface area contributed by atoms with E-state index in [1.165, 1.54) is 49.6 Å². The number of methoxy groups -OCH3 is 1. The standard InChI is InChI=1S/C23H17IN2O5S/c1-30-20-8-10-22(11-9-20)32(28,29)31-21-7-2-4-16(13-21)12-17(15-25)23(27)26-19-6-3-5-18(24)14-19/h2-14H,1H3,(H,26,27)/b17-12+. The molecular formula is C23H17IN2O5S. The van der Waals surface area contributed by atoms with Gasteiger partial charge in [-0.25, -0.2) is 0 Å². The van der Waals surface area contributed by atoms with Crippen molar-refractivity contribution in [3.8, 4) is 17.6 Å². The maximum atomic E-state index is 12.5. The normalized spacial score (nSPS) is 11.3. The summed E-state index contributed by atoms with van der Waals surface area (Å²) in [5.74, 6) is -0.0137. The lowest BCUT2D eigenvalue weighted by molar-refractivity contribution is -0.112. The molecule has 0 bridgehead atoms. The van der Waals surface area contributed by atoms with Crippen LogP contribution in [0.25, 0.3) is 6.08 Å². The van der Waals surface area contributed by atoms with E-state index >= 15 is 0 Å². The van der Waals surface area contributed by atoms with Gasteiger partial charge in [-0.05, 0) is 88.8 Å². The predicted molar refractivity (Wildman–Crippen MR) is 129 cm³/mol. The van der Waals surface area contributed by atoms with Crippen molar-refractivity contribution in [2.45, 2.75) is 4.90 Å². The molecule has 0 spiro atoms. The van der Waals surface area contributed by atoms with Gasteiger partial charge in [-0.3, -0.25) is 4.79 Å². The van der Waals surface area contributed by atoms with Crippen molar-refractivity contribution in [1.82, 2.24) is 0 Å². The summed E-state index contributed by atoms with van der Waals surface area (Å²) in [6.07, 6.45) is 1.36. The van der Waals surface area contributed by atoms with Gasteiger partial charge in [0, 0.05) is 9.26 Å². The number of nitrogens with zero attached hydrogens (tertiary/aromatic N) is 1. The van der Waals surface area contributed by atoms with Crippen LogP contribution in [-0.4, -0.2) is 21.4 Å². The number of benzene rings is 3. The van der Waals surface area contributed by atoms with Crippen LogP contribution < -0.4 is 14.2 Å². The first-order valence-corrected chi connectivity index (χ1v) is 11.7. The summed E-state index contributed by atoms with van der Waals surface area (Å²) in [6, 6.07) is 20.9. The SMILES string of the molecule is COc1ccc(S(=O)(=O)Oc2cccc(/C=C(\C#N)C(=O)Nc3cccc(I)c3)c2)cc1. The van der Waals surface area contributed by atoms with Gasteiger partial charge in [0.15, 0.2) is 0 Å². The average Bonchev–Trinajstić information content (AvgIpc) is 2.77. The van der Waals surface area contributed by atoms with Gasteiger partial charge in [-0.15, -0.1) is 0 Å². The Labute approximate surface area is 199 Å². The van der Waals surface area contributed by atoms with Gasteiger partial charge in [0.1, 0.15) is 28.0 Å². The smallest absolute Gasteiger partial charge is 0.339 e. The van der Waals surface area contributed by atoms with E-state index in [4.69, 9.17) is 8.92 Å². The van der Waals surface area contributed by atoms with Crippen molar-refractivity contribution in [1.29, 1.82) is 5.26 Å². The first kappa shape index (κ1) is 23.3. The highest BCUT2D eigenvalue weighted by Crippen LogP contribution is 2.23. The van der Waals surface area contributed by atoms with Crippen LogP contribution in [0.2, 0.25) is 0 Å². The molecule has 0 saturated heterocycles. The molecule has 0 aliphatic heterocycles. The van der Waals surface area contributed by atoms with E-state index in [0.29, 0.717) is 17.0 Å². The zero-order chi connectivity index (χ0) is 23.1. The molecule has 7 nitrogen and oxygen atoms in total. The summed E-state index contributed by atoms with van der Waals surface area (Å²) in [7, 11) is -2.59. The molecule has 0 unspecified atom stereocenters. The van der Waals surface area contributed by atoms with Crippen molar-refractivity contribution in [3.05, 3.63) is 87.5 Å². The molecule has 0 heterocycles. The second kappa shape index (κ2) is 10.3. The molecule has 0 aromatic heterocycles. The molecule has 3 aromatic carbocycles. The van der Waals surface area contributed by atoms with Crippen LogP contribution in [0.1, 0.15) is 5.56 Å². The fourth-order valence-electron chi connectivity index (χ4n) is 2.65. The minimum atomic E-state index is -4.07. The van der Waals surface area contributed by atoms with E-state index in [9.17, 15) is 18.5 Å². The van der Waals surface area contributed by atoms with Crippen molar-refractivity contribution in [3.63, 3.8) is 0 Å². The molecule has 3 rings (SSSR count). The highest BCUT2D eigenvalue weighted by atomic mass is 127. The maximum absolute atomic E-state index is 12.5. The molecular weight excluding hydrogens is 543 g/mol. The quantitative estimate of drug-likeness (QED) is 0.196. The van der Waals surface area contributed by atoms with Crippen LogP contribution in [0.5, 0.6) is 11.5 Å². The highest BCUT2D eigenvalue weighted by Gasteiger charge is 2.17. The summed E-state index contributed by atoms with van der Waals surface area (Å²) >= 11 is 2.12. The molecule has 0 aliphatic carbocycles. The Morgan fingerprint density at radius 1 is 1.03 bits per heavy atom. The third-order valence-corrected chi connectivity index (χ3v) is 6.10. The number of nitrogens with one attached hydrogen (secondary N) is 1. The average molecular weight is 560 g/mol. The van der Waals surface area contributed by atoms with Crippen LogP contribution in [0.15, 0.2) is 83.3 Å². The number of hydrogen-bond acceptors (Lipinski definition) is 6. The predicted octanol–water partition coefficient (Wildman–Crippen LogP) is 4.61. The minimum absolute atomic E-state index is 0.0335. The number of amides is 1. The molecule has 0 radical (unpaired) electrons. The topological polar surface area (TPSA) is 105 Å². The van der Waals surface area contributed by atoms with Crippen molar-refractivity contribution >= 4 is 50.4 Å². The Bertz CT molecular complexity index is 1310. The number of ether oxygens (including phenoxy) is 1. The molecule has 1 amide bonds. The van der Waals surface area contributed by atoms with E-state index in [1.807, 2.05) is 12.1 Å². The first-order valence-electron chi connectivity index (χ1n) is 9.18. The molecule has 1 N–H and O–H groups in total. The van der Waals surface area contributed by atoms with Gasteiger partial charge in [0.25, 0.3) is 5.91 Å². The summed E-state index contributed by atoms with van der Waals surface area (Å²) in [4.78, 5) is 12.4. The molecule has 3 aromatic rings. The molecule has 32 heavy (non-hydrogen) atoms. The van der Waals surface area contributed by atoms with E-state index in [1.54, 1.807) is 30.3 Å². The number of nitriles is 1. The molecule has 0 atom stereocenters. The number of hydrogen-bond donors (Lipinski definition) is 1.